The van der Waals surface area contributed by atoms with Gasteiger partial charge >= 0.3 is 5.97 Å². The van der Waals surface area contributed by atoms with Crippen LogP contribution in [0.25, 0.3) is 0 Å². The van der Waals surface area contributed by atoms with Crippen LogP contribution in [0.15, 0.2) is 11.6 Å². The minimum Gasteiger partial charge on any atom is -0.458 e. The number of carbonyl (C=O) groups is 3. The van der Waals surface area contributed by atoms with Gasteiger partial charge < -0.3 is 4.74 Å². The predicted molar refractivity (Wildman–Crippen MR) is 102 cm³/mol. The molecule has 0 aromatic carbocycles. The van der Waals surface area contributed by atoms with Crippen molar-refractivity contribution in [3.8, 4) is 0 Å². The summed E-state index contributed by atoms with van der Waals surface area (Å²) < 4.78 is 5.75. The Labute approximate surface area is 162 Å². The number of Topliss-reactive ketones (excluding diaryl/α,β-unsaturated/α-hetero) is 1. The summed E-state index contributed by atoms with van der Waals surface area (Å²) in [5, 5.41) is 0. The Morgan fingerprint density at radius 3 is 2.48 bits per heavy atom. The van der Waals surface area contributed by atoms with Crippen molar-refractivity contribution in [2.75, 3.05) is 0 Å². The molecule has 0 aliphatic heterocycles. The molecule has 0 unspecified atom stereocenters. The van der Waals surface area contributed by atoms with Gasteiger partial charge in [-0.25, -0.2) is 0 Å². The van der Waals surface area contributed by atoms with Crippen LogP contribution in [-0.2, 0) is 19.1 Å². The van der Waals surface area contributed by atoms with Crippen molar-refractivity contribution in [2.24, 2.45) is 34.5 Å². The van der Waals surface area contributed by atoms with E-state index in [1.165, 1.54) is 6.92 Å². The molecule has 27 heavy (non-hydrogen) atoms. The monoisotopic (exact) mass is 372 g/mol. The minimum absolute atomic E-state index is 0.0629. The Morgan fingerprint density at radius 2 is 1.81 bits per heavy atom. The second kappa shape index (κ2) is 6.28. The lowest BCUT2D eigenvalue weighted by Gasteiger charge is -2.59. The van der Waals surface area contributed by atoms with E-state index in [2.05, 4.69) is 13.8 Å². The summed E-state index contributed by atoms with van der Waals surface area (Å²) in [5.74, 6) is 1.90. The highest BCUT2D eigenvalue weighted by atomic mass is 16.5. The van der Waals surface area contributed by atoms with Crippen LogP contribution in [0.2, 0.25) is 0 Å². The predicted octanol–water partition coefficient (Wildman–Crippen LogP) is 4.27. The van der Waals surface area contributed by atoms with E-state index in [1.54, 1.807) is 13.0 Å². The normalized spacial score (nSPS) is 46.0. The van der Waals surface area contributed by atoms with Crippen molar-refractivity contribution in [1.82, 2.24) is 0 Å². The third-order valence-electron chi connectivity index (χ3n) is 8.75. The first-order valence-electron chi connectivity index (χ1n) is 10.6. The van der Waals surface area contributed by atoms with Crippen molar-refractivity contribution < 1.29 is 19.1 Å². The molecule has 0 saturated heterocycles. The van der Waals surface area contributed by atoms with Crippen LogP contribution in [0.4, 0.5) is 0 Å². The number of hydrogen-bond acceptors (Lipinski definition) is 4. The quantitative estimate of drug-likeness (QED) is 0.679. The second-order valence-corrected chi connectivity index (χ2v) is 9.98. The highest BCUT2D eigenvalue weighted by molar-refractivity contribution is 5.92. The van der Waals surface area contributed by atoms with Crippen LogP contribution in [0, 0.1) is 34.5 Å². The lowest BCUT2D eigenvalue weighted by Crippen LogP contribution is -2.54. The van der Waals surface area contributed by atoms with E-state index in [9.17, 15) is 14.4 Å². The molecule has 0 aromatic rings. The molecule has 7 atom stereocenters. The van der Waals surface area contributed by atoms with Crippen LogP contribution >= 0.6 is 0 Å². The summed E-state index contributed by atoms with van der Waals surface area (Å²) in [6.07, 6.45) is 8.06. The van der Waals surface area contributed by atoms with Gasteiger partial charge in [-0.3, -0.25) is 14.4 Å². The molecule has 0 heterocycles. The maximum absolute atomic E-state index is 12.3. The first-order chi connectivity index (χ1) is 12.7. The van der Waals surface area contributed by atoms with E-state index in [0.717, 1.165) is 44.1 Å². The van der Waals surface area contributed by atoms with Gasteiger partial charge in [0.2, 0.25) is 0 Å². The van der Waals surface area contributed by atoms with Crippen molar-refractivity contribution in [3.05, 3.63) is 11.6 Å². The SMILES string of the molecule is CC(=O)O[C@H]1C[C@H]2[C@@H]3CC[C@H](C(C)=O)[C@@]3(C)CC[C@@H]2[C@@]2(C)CCC(=O)C=C12. The third-order valence-corrected chi connectivity index (χ3v) is 8.75. The molecule has 148 valence electrons. The van der Waals surface area contributed by atoms with Crippen molar-refractivity contribution in [1.29, 1.82) is 0 Å². The summed E-state index contributed by atoms with van der Waals surface area (Å²) >= 11 is 0. The zero-order valence-corrected chi connectivity index (χ0v) is 17.0. The largest absolute Gasteiger partial charge is 0.458 e. The van der Waals surface area contributed by atoms with E-state index < -0.39 is 0 Å². The van der Waals surface area contributed by atoms with E-state index >= 15 is 0 Å². The van der Waals surface area contributed by atoms with E-state index in [1.807, 2.05) is 0 Å². The van der Waals surface area contributed by atoms with Gasteiger partial charge in [-0.2, -0.15) is 0 Å². The first kappa shape index (κ1) is 18.9. The van der Waals surface area contributed by atoms with Gasteiger partial charge in [0.1, 0.15) is 11.9 Å². The van der Waals surface area contributed by atoms with Crippen LogP contribution in [0.5, 0.6) is 0 Å². The average molecular weight is 373 g/mol. The fourth-order valence-corrected chi connectivity index (χ4v) is 7.56. The molecule has 0 aromatic heterocycles. The fraction of sp³-hybridized carbons (Fsp3) is 0.783. The van der Waals surface area contributed by atoms with Gasteiger partial charge in [0.15, 0.2) is 5.78 Å². The summed E-state index contributed by atoms with van der Waals surface area (Å²) in [6.45, 7) is 7.83. The summed E-state index contributed by atoms with van der Waals surface area (Å²) in [5.41, 5.74) is 1.07. The molecular formula is C23H32O4. The van der Waals surface area contributed by atoms with Gasteiger partial charge in [0.05, 0.1) is 0 Å². The molecular weight excluding hydrogens is 340 g/mol. The summed E-state index contributed by atoms with van der Waals surface area (Å²) in [7, 11) is 0. The van der Waals surface area contributed by atoms with Crippen molar-refractivity contribution in [3.63, 3.8) is 0 Å². The Kier molecular flexibility index (Phi) is 4.40. The molecule has 4 rings (SSSR count). The van der Waals surface area contributed by atoms with Crippen LogP contribution in [0.1, 0.15) is 72.6 Å². The standard InChI is InChI=1S/C23H32O4/c1-13(24)17-5-6-18-16-12-21(27-14(2)25)20-11-15(26)7-9-23(20,4)19(16)8-10-22(17,18)3/h11,16-19,21H,5-10,12H2,1-4H3/t16-,17+,18-,19-,21-,22+,23+/m0/s1. The summed E-state index contributed by atoms with van der Waals surface area (Å²) in [4.78, 5) is 36.2. The lowest BCUT2D eigenvalue weighted by atomic mass is 9.46. The molecule has 3 saturated carbocycles. The van der Waals surface area contributed by atoms with E-state index in [-0.39, 0.29) is 34.6 Å². The Morgan fingerprint density at radius 1 is 1.07 bits per heavy atom. The van der Waals surface area contributed by atoms with Gasteiger partial charge in [-0.1, -0.05) is 13.8 Å². The molecule has 3 fully saturated rings. The number of fused-ring (bicyclic) bond motifs is 5. The Bertz CT molecular complexity index is 722. The summed E-state index contributed by atoms with van der Waals surface area (Å²) in [6, 6.07) is 0. The molecule has 0 N–H and O–H groups in total. The van der Waals surface area contributed by atoms with Gasteiger partial charge in [0.25, 0.3) is 0 Å². The van der Waals surface area contributed by atoms with Gasteiger partial charge in [-0.15, -0.1) is 0 Å². The van der Waals surface area contributed by atoms with Gasteiger partial charge in [0, 0.05) is 19.3 Å². The lowest BCUT2D eigenvalue weighted by molar-refractivity contribution is -0.153. The molecule has 4 nitrogen and oxygen atoms in total. The van der Waals surface area contributed by atoms with Crippen LogP contribution < -0.4 is 0 Å². The highest BCUT2D eigenvalue weighted by Crippen LogP contribution is 2.66. The van der Waals surface area contributed by atoms with Crippen molar-refractivity contribution >= 4 is 17.5 Å². The number of rotatable bonds is 2. The maximum Gasteiger partial charge on any atom is 0.303 e. The maximum atomic E-state index is 12.3. The molecule has 0 bridgehead atoms. The molecule has 4 aliphatic rings. The number of ether oxygens (including phenoxy) is 1. The molecule has 0 amide bonds. The highest BCUT2D eigenvalue weighted by Gasteiger charge is 2.61. The third kappa shape index (κ3) is 2.74. The molecule has 4 heteroatoms. The number of hydrogen-bond donors (Lipinski definition) is 0. The van der Waals surface area contributed by atoms with Crippen LogP contribution in [-0.4, -0.2) is 23.6 Å². The average Bonchev–Trinajstić information content (AvgIpc) is 2.93. The Hall–Kier alpha value is -1.45. The molecule has 0 spiro atoms. The molecule has 4 aliphatic carbocycles. The topological polar surface area (TPSA) is 60.4 Å². The van der Waals surface area contributed by atoms with E-state index in [4.69, 9.17) is 4.74 Å². The van der Waals surface area contributed by atoms with Crippen LogP contribution in [0.3, 0.4) is 0 Å². The number of esters is 1. The number of ketones is 2. The second-order valence-electron chi connectivity index (χ2n) is 9.98. The van der Waals surface area contributed by atoms with E-state index in [0.29, 0.717) is 30.0 Å². The zero-order valence-electron chi connectivity index (χ0n) is 17.0. The zero-order chi connectivity index (χ0) is 19.6. The minimum atomic E-state index is -0.281. The van der Waals surface area contributed by atoms with Gasteiger partial charge in [-0.05, 0) is 85.7 Å². The fourth-order valence-electron chi connectivity index (χ4n) is 7.56. The first-order valence-corrected chi connectivity index (χ1v) is 10.6. The molecule has 0 radical (unpaired) electrons. The smallest absolute Gasteiger partial charge is 0.303 e. The van der Waals surface area contributed by atoms with Crippen molar-refractivity contribution in [2.45, 2.75) is 78.7 Å². The Balaban J connectivity index is 1.73. The number of carbonyl (C=O) groups excluding carboxylic acids is 3.